The molecular formula is C21H21N3O2. The average Bonchev–Trinajstić information content (AvgIpc) is 3.18. The van der Waals surface area contributed by atoms with Gasteiger partial charge in [-0.15, -0.1) is 0 Å². The number of aromatic amines is 1. The molecule has 0 bridgehead atoms. The Bertz CT molecular complexity index is 1110. The number of hydrogen-bond donors (Lipinski definition) is 2. The Labute approximate surface area is 151 Å². The average molecular weight is 347 g/mol. The number of aryl methyl sites for hydroxylation is 1. The largest absolute Gasteiger partial charge is 0.440 e. The maximum atomic E-state index is 12.5. The van der Waals surface area contributed by atoms with Crippen molar-refractivity contribution in [2.75, 3.05) is 5.32 Å². The highest BCUT2D eigenvalue weighted by molar-refractivity contribution is 5.97. The van der Waals surface area contributed by atoms with Crippen molar-refractivity contribution in [1.29, 1.82) is 0 Å². The number of oxazole rings is 1. The maximum Gasteiger partial charge on any atom is 0.228 e. The molecule has 2 aromatic heterocycles. The molecule has 0 atom stereocenters. The fourth-order valence-electron chi connectivity index (χ4n) is 3.09. The number of carbonyl (C=O) groups excluding carboxylic acids is 1. The summed E-state index contributed by atoms with van der Waals surface area (Å²) in [5, 5.41) is 4.04. The van der Waals surface area contributed by atoms with Crippen LogP contribution in [0.25, 0.3) is 22.0 Å². The first-order chi connectivity index (χ1) is 12.5. The third-order valence-electron chi connectivity index (χ3n) is 4.46. The van der Waals surface area contributed by atoms with E-state index in [2.05, 4.69) is 40.4 Å². The number of anilines is 1. The molecule has 1 amide bonds. The van der Waals surface area contributed by atoms with Gasteiger partial charge in [-0.05, 0) is 42.3 Å². The van der Waals surface area contributed by atoms with Crippen molar-refractivity contribution in [3.63, 3.8) is 0 Å². The van der Waals surface area contributed by atoms with Gasteiger partial charge in [0.25, 0.3) is 0 Å². The van der Waals surface area contributed by atoms with Gasteiger partial charge in [0.15, 0.2) is 11.5 Å². The molecule has 132 valence electrons. The van der Waals surface area contributed by atoms with Crippen molar-refractivity contribution >= 4 is 33.6 Å². The van der Waals surface area contributed by atoms with E-state index in [1.807, 2.05) is 38.2 Å². The SMILES string of the molecule is Cc1ccc2c(CC(=O)Nc3ccc4oc(C(C)C)nc4c3)c[nH]c2c1. The Hall–Kier alpha value is -3.08. The molecule has 5 nitrogen and oxygen atoms in total. The molecule has 2 heterocycles. The molecule has 5 heteroatoms. The van der Waals surface area contributed by atoms with Crippen LogP contribution in [0.1, 0.15) is 36.8 Å². The van der Waals surface area contributed by atoms with Gasteiger partial charge in [0.2, 0.25) is 5.91 Å². The van der Waals surface area contributed by atoms with E-state index in [4.69, 9.17) is 4.42 Å². The summed E-state index contributed by atoms with van der Waals surface area (Å²) in [6.45, 7) is 6.13. The molecule has 26 heavy (non-hydrogen) atoms. The Morgan fingerprint density at radius 1 is 1.23 bits per heavy atom. The number of nitrogens with zero attached hydrogens (tertiary/aromatic N) is 1. The molecule has 4 rings (SSSR count). The topological polar surface area (TPSA) is 70.9 Å². The van der Waals surface area contributed by atoms with Gasteiger partial charge in [0.1, 0.15) is 5.52 Å². The molecule has 2 aromatic carbocycles. The molecule has 0 spiro atoms. The van der Waals surface area contributed by atoms with Crippen LogP contribution in [0.2, 0.25) is 0 Å². The first-order valence-electron chi connectivity index (χ1n) is 8.76. The zero-order valence-corrected chi connectivity index (χ0v) is 15.1. The highest BCUT2D eigenvalue weighted by Gasteiger charge is 2.12. The van der Waals surface area contributed by atoms with Crippen LogP contribution in [-0.2, 0) is 11.2 Å². The third-order valence-corrected chi connectivity index (χ3v) is 4.46. The minimum atomic E-state index is -0.0570. The second-order valence-corrected chi connectivity index (χ2v) is 6.98. The van der Waals surface area contributed by atoms with Gasteiger partial charge >= 0.3 is 0 Å². The lowest BCUT2D eigenvalue weighted by atomic mass is 10.1. The number of amides is 1. The first-order valence-corrected chi connectivity index (χ1v) is 8.76. The number of fused-ring (bicyclic) bond motifs is 2. The zero-order chi connectivity index (χ0) is 18.3. The van der Waals surface area contributed by atoms with E-state index < -0.39 is 0 Å². The number of rotatable bonds is 4. The predicted octanol–water partition coefficient (Wildman–Crippen LogP) is 4.92. The second kappa shape index (κ2) is 6.33. The van der Waals surface area contributed by atoms with Gasteiger partial charge < -0.3 is 14.7 Å². The van der Waals surface area contributed by atoms with Gasteiger partial charge in [0, 0.05) is 28.7 Å². The van der Waals surface area contributed by atoms with Crippen molar-refractivity contribution in [2.45, 2.75) is 33.1 Å². The van der Waals surface area contributed by atoms with Crippen LogP contribution in [0.4, 0.5) is 5.69 Å². The lowest BCUT2D eigenvalue weighted by Gasteiger charge is -2.04. The van der Waals surface area contributed by atoms with Crippen molar-refractivity contribution < 1.29 is 9.21 Å². The Kier molecular flexibility index (Phi) is 3.99. The minimum absolute atomic E-state index is 0.0570. The zero-order valence-electron chi connectivity index (χ0n) is 15.1. The summed E-state index contributed by atoms with van der Waals surface area (Å²) >= 11 is 0. The van der Waals surface area contributed by atoms with E-state index in [1.165, 1.54) is 5.56 Å². The molecule has 0 radical (unpaired) electrons. The van der Waals surface area contributed by atoms with E-state index in [9.17, 15) is 4.79 Å². The van der Waals surface area contributed by atoms with E-state index >= 15 is 0 Å². The van der Waals surface area contributed by atoms with Crippen molar-refractivity contribution in [2.24, 2.45) is 0 Å². The highest BCUT2D eigenvalue weighted by Crippen LogP contribution is 2.24. The summed E-state index contributed by atoms with van der Waals surface area (Å²) in [6, 6.07) is 11.7. The Morgan fingerprint density at radius 2 is 2.08 bits per heavy atom. The van der Waals surface area contributed by atoms with Crippen LogP contribution >= 0.6 is 0 Å². The lowest BCUT2D eigenvalue weighted by Crippen LogP contribution is -2.14. The molecular weight excluding hydrogens is 326 g/mol. The van der Waals surface area contributed by atoms with Gasteiger partial charge in [-0.2, -0.15) is 0 Å². The van der Waals surface area contributed by atoms with Crippen LogP contribution in [0, 0.1) is 6.92 Å². The van der Waals surface area contributed by atoms with Crippen LogP contribution < -0.4 is 5.32 Å². The number of hydrogen-bond acceptors (Lipinski definition) is 3. The van der Waals surface area contributed by atoms with Gasteiger partial charge in [-0.3, -0.25) is 4.79 Å². The quantitative estimate of drug-likeness (QED) is 0.550. The normalized spacial score (nSPS) is 11.5. The molecule has 0 unspecified atom stereocenters. The molecule has 2 N–H and O–H groups in total. The van der Waals surface area contributed by atoms with Crippen LogP contribution in [0.15, 0.2) is 47.0 Å². The lowest BCUT2D eigenvalue weighted by molar-refractivity contribution is -0.115. The number of carbonyl (C=O) groups is 1. The smallest absolute Gasteiger partial charge is 0.228 e. The van der Waals surface area contributed by atoms with Gasteiger partial charge in [-0.1, -0.05) is 26.0 Å². The Balaban J connectivity index is 1.53. The van der Waals surface area contributed by atoms with Gasteiger partial charge in [0.05, 0.1) is 6.42 Å². The van der Waals surface area contributed by atoms with E-state index in [-0.39, 0.29) is 11.8 Å². The van der Waals surface area contributed by atoms with E-state index in [1.54, 1.807) is 0 Å². The van der Waals surface area contributed by atoms with Crippen molar-refractivity contribution in [3.05, 3.63) is 59.6 Å². The fraction of sp³-hybridized carbons (Fsp3) is 0.238. The fourth-order valence-corrected chi connectivity index (χ4v) is 3.09. The molecule has 0 aliphatic heterocycles. The summed E-state index contributed by atoms with van der Waals surface area (Å²) in [5.74, 6) is 0.877. The van der Waals surface area contributed by atoms with Crippen LogP contribution in [-0.4, -0.2) is 15.9 Å². The number of H-pyrrole nitrogens is 1. The molecule has 0 fully saturated rings. The molecule has 0 saturated carbocycles. The van der Waals surface area contributed by atoms with Crippen LogP contribution in [0.5, 0.6) is 0 Å². The highest BCUT2D eigenvalue weighted by atomic mass is 16.3. The summed E-state index contributed by atoms with van der Waals surface area (Å²) in [7, 11) is 0. The molecule has 0 aliphatic carbocycles. The summed E-state index contributed by atoms with van der Waals surface area (Å²) in [6.07, 6.45) is 2.22. The predicted molar refractivity (Wildman–Crippen MR) is 103 cm³/mol. The van der Waals surface area contributed by atoms with Crippen molar-refractivity contribution in [3.8, 4) is 0 Å². The molecule has 0 aliphatic rings. The van der Waals surface area contributed by atoms with E-state index in [0.29, 0.717) is 12.3 Å². The Morgan fingerprint density at radius 3 is 2.88 bits per heavy atom. The molecule has 0 saturated heterocycles. The minimum Gasteiger partial charge on any atom is -0.440 e. The third kappa shape index (κ3) is 3.08. The first kappa shape index (κ1) is 16.4. The monoisotopic (exact) mass is 347 g/mol. The standard InChI is InChI=1S/C21H21N3O2/c1-12(2)21-24-18-10-15(5-7-19(18)26-21)23-20(25)9-14-11-22-17-8-13(3)4-6-16(14)17/h4-8,10-12,22H,9H2,1-3H3,(H,23,25). The summed E-state index contributed by atoms with van der Waals surface area (Å²) < 4.78 is 5.70. The van der Waals surface area contributed by atoms with Crippen LogP contribution in [0.3, 0.4) is 0 Å². The summed E-state index contributed by atoms with van der Waals surface area (Å²) in [5.41, 5.74) is 5.45. The van der Waals surface area contributed by atoms with Crippen molar-refractivity contribution in [1.82, 2.24) is 9.97 Å². The van der Waals surface area contributed by atoms with E-state index in [0.717, 1.165) is 33.3 Å². The number of aromatic nitrogens is 2. The second-order valence-electron chi connectivity index (χ2n) is 6.98. The van der Waals surface area contributed by atoms with Gasteiger partial charge in [-0.25, -0.2) is 4.98 Å². The molecule has 4 aromatic rings. The summed E-state index contributed by atoms with van der Waals surface area (Å²) in [4.78, 5) is 20.2. The number of benzene rings is 2. The number of nitrogens with one attached hydrogen (secondary N) is 2. The maximum absolute atomic E-state index is 12.5.